The molecule has 0 amide bonds. The van der Waals surface area contributed by atoms with Gasteiger partial charge in [0, 0.05) is 13.0 Å². The monoisotopic (exact) mass is 644 g/mol. The fourth-order valence-electron chi connectivity index (χ4n) is 4.24. The van der Waals surface area contributed by atoms with Crippen LogP contribution in [-0.2, 0) is 27.9 Å². The molecule has 0 aliphatic heterocycles. The number of likely N-dealkylation sites (N-methyl/N-ethyl adjacent to an activating group) is 1. The lowest BCUT2D eigenvalue weighted by Crippen LogP contribution is -2.37. The molecule has 8 nitrogen and oxygen atoms in total. The molecular weight excluding hydrogens is 577 g/mol. The van der Waals surface area contributed by atoms with Gasteiger partial charge in [0.25, 0.3) is 0 Å². The largest absolute Gasteiger partial charge is 0.472 e. The summed E-state index contributed by atoms with van der Waals surface area (Å²) < 4.78 is 33.9. The van der Waals surface area contributed by atoms with Gasteiger partial charge in [-0.1, -0.05) is 108 Å². The number of ether oxygens (including phenoxy) is 2. The van der Waals surface area contributed by atoms with Crippen LogP contribution in [-0.4, -0.2) is 75.6 Å². The Hall–Kier alpha value is -1.28. The Morgan fingerprint density at radius 1 is 0.705 bits per heavy atom. The number of quaternary nitrogens is 1. The maximum atomic E-state index is 12.2. The number of hydrogen-bond donors (Lipinski definition) is 1. The molecule has 0 saturated heterocycles. The van der Waals surface area contributed by atoms with Crippen LogP contribution in [0.25, 0.3) is 0 Å². The SMILES string of the molecule is CCCCCCC/C=C\C/C=C\C/C=C\CCCCCCCCCOCC(COP(=O)(O)OCC[N+](C)(C)C)OC(=O)CC. The Kier molecular flexibility index (Phi) is 28.3. The molecule has 2 atom stereocenters. The van der Waals surface area contributed by atoms with Crippen molar-refractivity contribution in [2.45, 2.75) is 129 Å². The van der Waals surface area contributed by atoms with Crippen LogP contribution in [0.2, 0.25) is 0 Å². The molecule has 0 fully saturated rings. The minimum Gasteiger partial charge on any atom is -0.457 e. The van der Waals surface area contributed by atoms with E-state index in [-0.39, 0.29) is 26.2 Å². The molecule has 0 radical (unpaired) electrons. The number of phosphoric acid groups is 1. The summed E-state index contributed by atoms with van der Waals surface area (Å²) in [5.41, 5.74) is 0. The van der Waals surface area contributed by atoms with Crippen LogP contribution in [0.4, 0.5) is 0 Å². The molecule has 258 valence electrons. The van der Waals surface area contributed by atoms with Crippen molar-refractivity contribution in [3.05, 3.63) is 36.5 Å². The van der Waals surface area contributed by atoms with Gasteiger partial charge in [0.15, 0.2) is 0 Å². The van der Waals surface area contributed by atoms with E-state index in [1.165, 1.54) is 70.6 Å². The topological polar surface area (TPSA) is 91.3 Å². The van der Waals surface area contributed by atoms with Crippen molar-refractivity contribution in [2.24, 2.45) is 0 Å². The lowest BCUT2D eigenvalue weighted by Gasteiger charge is -2.24. The zero-order valence-corrected chi connectivity index (χ0v) is 29.8. The molecule has 0 rings (SSSR count). The highest BCUT2D eigenvalue weighted by Crippen LogP contribution is 2.43. The second-order valence-corrected chi connectivity index (χ2v) is 14.0. The normalized spacial score (nSPS) is 14.6. The summed E-state index contributed by atoms with van der Waals surface area (Å²) >= 11 is 0. The van der Waals surface area contributed by atoms with E-state index in [0.29, 0.717) is 17.6 Å². The van der Waals surface area contributed by atoms with Gasteiger partial charge < -0.3 is 18.9 Å². The molecule has 44 heavy (non-hydrogen) atoms. The van der Waals surface area contributed by atoms with Crippen LogP contribution in [0.1, 0.15) is 123 Å². The van der Waals surface area contributed by atoms with Gasteiger partial charge in [0.2, 0.25) is 0 Å². The van der Waals surface area contributed by atoms with Crippen LogP contribution in [0.15, 0.2) is 36.5 Å². The number of carbonyl (C=O) groups is 1. The number of rotatable bonds is 31. The van der Waals surface area contributed by atoms with Gasteiger partial charge in [-0.25, -0.2) is 4.57 Å². The highest BCUT2D eigenvalue weighted by atomic mass is 31.2. The van der Waals surface area contributed by atoms with Crippen molar-refractivity contribution in [3.8, 4) is 0 Å². The number of esters is 1. The molecule has 0 bridgehead atoms. The van der Waals surface area contributed by atoms with E-state index >= 15 is 0 Å². The molecular formula is C35H67NO7P+. The quantitative estimate of drug-likeness (QED) is 0.0265. The van der Waals surface area contributed by atoms with Gasteiger partial charge in [0.1, 0.15) is 19.3 Å². The summed E-state index contributed by atoms with van der Waals surface area (Å²) in [6, 6.07) is 0. The van der Waals surface area contributed by atoms with Crippen molar-refractivity contribution in [3.63, 3.8) is 0 Å². The highest BCUT2D eigenvalue weighted by Gasteiger charge is 2.26. The molecule has 1 N–H and O–H groups in total. The predicted molar refractivity (Wildman–Crippen MR) is 183 cm³/mol. The average molecular weight is 645 g/mol. The van der Waals surface area contributed by atoms with Crippen molar-refractivity contribution >= 4 is 13.8 Å². The molecule has 9 heteroatoms. The molecule has 0 aliphatic rings. The van der Waals surface area contributed by atoms with Gasteiger partial charge in [-0.3, -0.25) is 13.8 Å². The molecule has 0 saturated carbocycles. The molecule has 0 aromatic carbocycles. The average Bonchev–Trinajstić information content (AvgIpc) is 2.97. The Bertz CT molecular complexity index is 807. The smallest absolute Gasteiger partial charge is 0.457 e. The first kappa shape index (κ1) is 42.7. The first-order valence-corrected chi connectivity index (χ1v) is 18.7. The summed E-state index contributed by atoms with van der Waals surface area (Å²) in [5.74, 6) is -0.407. The Labute approximate surface area is 270 Å². The van der Waals surface area contributed by atoms with Gasteiger partial charge in [-0.2, -0.15) is 0 Å². The van der Waals surface area contributed by atoms with Crippen molar-refractivity contribution < 1.29 is 37.3 Å². The van der Waals surface area contributed by atoms with Crippen LogP contribution in [0, 0.1) is 0 Å². The number of unbranched alkanes of at least 4 members (excludes halogenated alkanes) is 12. The lowest BCUT2D eigenvalue weighted by atomic mass is 10.1. The Morgan fingerprint density at radius 2 is 1.23 bits per heavy atom. The summed E-state index contributed by atoms with van der Waals surface area (Å²) in [6.07, 6.45) is 32.5. The third kappa shape index (κ3) is 32.1. The maximum absolute atomic E-state index is 12.2. The number of hydrogen-bond acceptors (Lipinski definition) is 6. The van der Waals surface area contributed by atoms with Crippen molar-refractivity contribution in [1.29, 1.82) is 0 Å². The minimum absolute atomic E-state index is 0.0832. The molecule has 2 unspecified atom stereocenters. The molecule has 0 aromatic heterocycles. The zero-order chi connectivity index (χ0) is 32.8. The van der Waals surface area contributed by atoms with E-state index < -0.39 is 19.9 Å². The number of allylic oxidation sites excluding steroid dienone is 6. The lowest BCUT2D eigenvalue weighted by molar-refractivity contribution is -0.870. The van der Waals surface area contributed by atoms with Gasteiger partial charge >= 0.3 is 13.8 Å². The molecule has 0 heterocycles. The van der Waals surface area contributed by atoms with Crippen molar-refractivity contribution in [2.75, 3.05) is 54.1 Å². The third-order valence-corrected chi connectivity index (χ3v) is 7.99. The maximum Gasteiger partial charge on any atom is 0.472 e. The first-order valence-electron chi connectivity index (χ1n) is 17.2. The fourth-order valence-corrected chi connectivity index (χ4v) is 4.98. The summed E-state index contributed by atoms with van der Waals surface area (Å²) in [4.78, 5) is 21.7. The summed E-state index contributed by atoms with van der Waals surface area (Å²) in [5, 5.41) is 0. The summed E-state index contributed by atoms with van der Waals surface area (Å²) in [6.45, 7) is 5.00. The van der Waals surface area contributed by atoms with E-state index in [9.17, 15) is 14.3 Å². The standard InChI is InChI=1S/C35H66NO7P/c1-6-8-9-10-11-12-13-14-15-16-17-18-19-20-21-22-23-24-25-26-27-28-30-40-32-34(43-35(37)7-2)33-42-44(38,39)41-31-29-36(3,4)5/h13-14,16-17,19-20,34H,6-12,15,18,21-33H2,1-5H3/p+1/b14-13-,17-16-,20-19-. The second kappa shape index (κ2) is 29.1. The van der Waals surface area contributed by atoms with Crippen molar-refractivity contribution in [1.82, 2.24) is 0 Å². The van der Waals surface area contributed by atoms with E-state index in [2.05, 4.69) is 43.4 Å². The fraction of sp³-hybridized carbons (Fsp3) is 0.800. The van der Waals surface area contributed by atoms with Gasteiger partial charge in [-0.15, -0.1) is 0 Å². The van der Waals surface area contributed by atoms with Crippen LogP contribution >= 0.6 is 7.82 Å². The Morgan fingerprint density at radius 3 is 1.77 bits per heavy atom. The minimum atomic E-state index is -4.23. The van der Waals surface area contributed by atoms with Crippen LogP contribution < -0.4 is 0 Å². The second-order valence-electron chi connectivity index (χ2n) is 12.5. The first-order chi connectivity index (χ1) is 21.1. The molecule has 0 spiro atoms. The zero-order valence-electron chi connectivity index (χ0n) is 28.9. The molecule has 0 aliphatic carbocycles. The predicted octanol–water partition coefficient (Wildman–Crippen LogP) is 9.09. The van der Waals surface area contributed by atoms with Crippen LogP contribution in [0.5, 0.6) is 0 Å². The number of carbonyl (C=O) groups excluding carboxylic acids is 1. The highest BCUT2D eigenvalue weighted by molar-refractivity contribution is 7.47. The Balaban J connectivity index is 3.80. The van der Waals surface area contributed by atoms with Gasteiger partial charge in [-0.05, 0) is 44.9 Å². The third-order valence-electron chi connectivity index (χ3n) is 7.01. The van der Waals surface area contributed by atoms with Crippen LogP contribution in [0.3, 0.4) is 0 Å². The van der Waals surface area contributed by atoms with E-state index in [1.807, 2.05) is 21.1 Å². The van der Waals surface area contributed by atoms with Gasteiger partial charge in [0.05, 0.1) is 34.4 Å². The number of phosphoric ester groups is 1. The van der Waals surface area contributed by atoms with E-state index in [4.69, 9.17) is 18.5 Å². The van der Waals surface area contributed by atoms with E-state index in [1.54, 1.807) is 6.92 Å². The molecule has 0 aromatic rings. The van der Waals surface area contributed by atoms with E-state index in [0.717, 1.165) is 32.1 Å². The summed E-state index contributed by atoms with van der Waals surface area (Å²) in [7, 11) is 1.65. The number of nitrogens with zero attached hydrogens (tertiary/aromatic N) is 1.